The Morgan fingerprint density at radius 3 is 2.63 bits per heavy atom. The summed E-state index contributed by atoms with van der Waals surface area (Å²) in [6, 6.07) is 4.92. The van der Waals surface area contributed by atoms with E-state index in [1.54, 1.807) is 0 Å². The predicted molar refractivity (Wildman–Crippen MR) is 80.8 cm³/mol. The van der Waals surface area contributed by atoms with E-state index in [1.165, 1.54) is 33.3 Å². The number of aryl methyl sites for hydroxylation is 3. The number of piperazine rings is 1. The molecule has 0 saturated carbocycles. The predicted octanol–water partition coefficient (Wildman–Crippen LogP) is 2.67. The molecule has 1 aromatic carbocycles. The first-order valence-corrected chi connectivity index (χ1v) is 7.09. The maximum Gasteiger partial charge on any atom is 0.0494 e. The lowest BCUT2D eigenvalue weighted by molar-refractivity contribution is 0.203. The lowest BCUT2D eigenvalue weighted by atomic mass is 9.96. The van der Waals surface area contributed by atoms with E-state index in [1.807, 2.05) is 0 Å². The van der Waals surface area contributed by atoms with Gasteiger partial charge in [-0.05, 0) is 44.5 Å². The van der Waals surface area contributed by atoms with Crippen LogP contribution in [0.15, 0.2) is 12.1 Å². The molecule has 0 amide bonds. The molecule has 1 aliphatic heterocycles. The van der Waals surface area contributed by atoms with Crippen LogP contribution in [0.25, 0.3) is 10.9 Å². The minimum atomic E-state index is 0.475. The number of nitrogens with one attached hydrogen (secondary N) is 2. The Kier molecular flexibility index (Phi) is 3.11. The second-order valence-electron chi connectivity index (χ2n) is 5.81. The van der Waals surface area contributed by atoms with Gasteiger partial charge in [0.15, 0.2) is 0 Å². The molecule has 2 N–H and O–H groups in total. The number of H-pyrrole nitrogens is 1. The Bertz CT molecular complexity index is 612. The standard InChI is InChI=1S/C16H23N3/c1-10-5-6-11(2)16-14(10)15(12(3)18-16)13-9-17-7-8-19(13)4/h5-6,13,17-18H,7-9H2,1-4H3. The number of hydrogen-bond acceptors (Lipinski definition) is 2. The molecule has 3 rings (SSSR count). The van der Waals surface area contributed by atoms with Crippen LogP contribution in [0.1, 0.15) is 28.4 Å². The number of rotatable bonds is 1. The van der Waals surface area contributed by atoms with Crippen LogP contribution >= 0.6 is 0 Å². The zero-order valence-corrected chi connectivity index (χ0v) is 12.3. The summed E-state index contributed by atoms with van der Waals surface area (Å²) < 4.78 is 0. The molecule has 1 aliphatic rings. The van der Waals surface area contributed by atoms with Crippen molar-refractivity contribution in [3.8, 4) is 0 Å². The summed E-state index contributed by atoms with van der Waals surface area (Å²) >= 11 is 0. The van der Waals surface area contributed by atoms with E-state index in [-0.39, 0.29) is 0 Å². The van der Waals surface area contributed by atoms with Crippen LogP contribution in [0.3, 0.4) is 0 Å². The van der Waals surface area contributed by atoms with Gasteiger partial charge in [-0.15, -0.1) is 0 Å². The summed E-state index contributed by atoms with van der Waals surface area (Å²) in [6.45, 7) is 9.85. The van der Waals surface area contributed by atoms with Gasteiger partial charge in [-0.2, -0.15) is 0 Å². The number of aromatic nitrogens is 1. The molecule has 0 radical (unpaired) electrons. The molecular weight excluding hydrogens is 234 g/mol. The molecule has 3 nitrogen and oxygen atoms in total. The largest absolute Gasteiger partial charge is 0.358 e. The fourth-order valence-electron chi connectivity index (χ4n) is 3.31. The van der Waals surface area contributed by atoms with Crippen molar-refractivity contribution >= 4 is 10.9 Å². The van der Waals surface area contributed by atoms with Crippen molar-refractivity contribution in [1.82, 2.24) is 15.2 Å². The van der Waals surface area contributed by atoms with E-state index in [0.29, 0.717) is 6.04 Å². The van der Waals surface area contributed by atoms with Crippen molar-refractivity contribution in [1.29, 1.82) is 0 Å². The summed E-state index contributed by atoms with van der Waals surface area (Å²) in [5.74, 6) is 0. The molecule has 19 heavy (non-hydrogen) atoms. The Balaban J connectivity index is 2.22. The molecular formula is C16H23N3. The van der Waals surface area contributed by atoms with Crippen molar-refractivity contribution in [2.45, 2.75) is 26.8 Å². The third-order valence-corrected chi connectivity index (χ3v) is 4.45. The third-order valence-electron chi connectivity index (χ3n) is 4.45. The van der Waals surface area contributed by atoms with Crippen molar-refractivity contribution in [2.24, 2.45) is 0 Å². The molecule has 1 fully saturated rings. The number of nitrogens with zero attached hydrogens (tertiary/aromatic N) is 1. The van der Waals surface area contributed by atoms with Crippen LogP contribution in [0, 0.1) is 20.8 Å². The fraction of sp³-hybridized carbons (Fsp3) is 0.500. The minimum Gasteiger partial charge on any atom is -0.358 e. The molecule has 0 bridgehead atoms. The highest BCUT2D eigenvalue weighted by atomic mass is 15.2. The first kappa shape index (κ1) is 12.7. The van der Waals surface area contributed by atoms with Crippen LogP contribution < -0.4 is 5.32 Å². The Morgan fingerprint density at radius 2 is 1.89 bits per heavy atom. The number of fused-ring (bicyclic) bond motifs is 1. The molecule has 1 unspecified atom stereocenters. The van der Waals surface area contributed by atoms with E-state index < -0.39 is 0 Å². The van der Waals surface area contributed by atoms with Gasteiger partial charge in [0.25, 0.3) is 0 Å². The van der Waals surface area contributed by atoms with Gasteiger partial charge >= 0.3 is 0 Å². The van der Waals surface area contributed by atoms with E-state index in [4.69, 9.17) is 0 Å². The van der Waals surface area contributed by atoms with Crippen LogP contribution in [0.2, 0.25) is 0 Å². The summed E-state index contributed by atoms with van der Waals surface area (Å²) in [5, 5.41) is 4.95. The van der Waals surface area contributed by atoms with E-state index in [9.17, 15) is 0 Å². The normalized spacial score (nSPS) is 21.2. The quantitative estimate of drug-likeness (QED) is 0.823. The van der Waals surface area contributed by atoms with Gasteiger partial charge in [0.2, 0.25) is 0 Å². The first-order chi connectivity index (χ1) is 9.09. The number of benzene rings is 1. The topological polar surface area (TPSA) is 31.1 Å². The van der Waals surface area contributed by atoms with Gasteiger partial charge in [-0.1, -0.05) is 12.1 Å². The highest BCUT2D eigenvalue weighted by Crippen LogP contribution is 2.34. The van der Waals surface area contributed by atoms with Gasteiger partial charge in [-0.3, -0.25) is 4.90 Å². The van der Waals surface area contributed by atoms with Crippen LogP contribution in [-0.2, 0) is 0 Å². The molecule has 0 aliphatic carbocycles. The van der Waals surface area contributed by atoms with Gasteiger partial charge in [0, 0.05) is 42.3 Å². The van der Waals surface area contributed by atoms with Crippen LogP contribution in [0.5, 0.6) is 0 Å². The minimum absolute atomic E-state index is 0.475. The van der Waals surface area contributed by atoms with E-state index in [0.717, 1.165) is 19.6 Å². The second kappa shape index (κ2) is 4.66. The molecule has 1 saturated heterocycles. The monoisotopic (exact) mass is 257 g/mol. The van der Waals surface area contributed by atoms with Crippen molar-refractivity contribution in [2.75, 3.05) is 26.7 Å². The summed E-state index contributed by atoms with van der Waals surface area (Å²) in [6.07, 6.45) is 0. The van der Waals surface area contributed by atoms with Crippen LogP contribution in [0.4, 0.5) is 0 Å². The average Bonchev–Trinajstić information content (AvgIpc) is 2.73. The highest BCUT2D eigenvalue weighted by Gasteiger charge is 2.26. The maximum absolute atomic E-state index is 3.60. The Labute approximate surface area is 115 Å². The maximum atomic E-state index is 3.60. The second-order valence-corrected chi connectivity index (χ2v) is 5.81. The molecule has 2 heterocycles. The molecule has 1 atom stereocenters. The lowest BCUT2D eigenvalue weighted by Gasteiger charge is -2.33. The van der Waals surface area contributed by atoms with E-state index >= 15 is 0 Å². The molecule has 102 valence electrons. The SMILES string of the molecule is Cc1[nH]c2c(C)ccc(C)c2c1C1CNCCN1C. The highest BCUT2D eigenvalue weighted by molar-refractivity contribution is 5.90. The van der Waals surface area contributed by atoms with Crippen molar-refractivity contribution in [3.05, 3.63) is 34.5 Å². The lowest BCUT2D eigenvalue weighted by Crippen LogP contribution is -2.44. The van der Waals surface area contributed by atoms with Gasteiger partial charge in [-0.25, -0.2) is 0 Å². The van der Waals surface area contributed by atoms with Crippen molar-refractivity contribution < 1.29 is 0 Å². The number of likely N-dealkylation sites (N-methyl/N-ethyl adjacent to an activating group) is 1. The molecule has 2 aromatic rings. The third kappa shape index (κ3) is 1.97. The average molecular weight is 257 g/mol. The van der Waals surface area contributed by atoms with Gasteiger partial charge < -0.3 is 10.3 Å². The summed E-state index contributed by atoms with van der Waals surface area (Å²) in [4.78, 5) is 6.07. The smallest absolute Gasteiger partial charge is 0.0494 e. The van der Waals surface area contributed by atoms with Gasteiger partial charge in [0.05, 0.1) is 0 Å². The molecule has 0 spiro atoms. The summed E-state index contributed by atoms with van der Waals surface area (Å²) in [7, 11) is 2.23. The summed E-state index contributed by atoms with van der Waals surface area (Å²) in [5.41, 5.74) is 6.81. The molecule has 3 heteroatoms. The number of aromatic amines is 1. The van der Waals surface area contributed by atoms with Crippen LogP contribution in [-0.4, -0.2) is 36.6 Å². The first-order valence-electron chi connectivity index (χ1n) is 7.09. The zero-order valence-electron chi connectivity index (χ0n) is 12.3. The molecule has 1 aromatic heterocycles. The zero-order chi connectivity index (χ0) is 13.6. The van der Waals surface area contributed by atoms with Gasteiger partial charge in [0.1, 0.15) is 0 Å². The number of hydrogen-bond donors (Lipinski definition) is 2. The van der Waals surface area contributed by atoms with Crippen molar-refractivity contribution in [3.63, 3.8) is 0 Å². The Hall–Kier alpha value is -1.32. The Morgan fingerprint density at radius 1 is 1.16 bits per heavy atom. The fourth-order valence-corrected chi connectivity index (χ4v) is 3.31. The van der Waals surface area contributed by atoms with E-state index in [2.05, 4.69) is 55.2 Å².